The molecule has 58 valence electrons. The first-order chi connectivity index (χ1) is 4.66. The van der Waals surface area contributed by atoms with Crippen molar-refractivity contribution >= 4 is 5.97 Å². The normalized spacial score (nSPS) is 39.9. The Morgan fingerprint density at radius 1 is 1.60 bits per heavy atom. The summed E-state index contributed by atoms with van der Waals surface area (Å²) >= 11 is 0. The van der Waals surface area contributed by atoms with Gasteiger partial charge in [-0.3, -0.25) is 4.79 Å². The van der Waals surface area contributed by atoms with Crippen LogP contribution in [0.15, 0.2) is 0 Å². The Morgan fingerprint density at radius 2 is 2.20 bits per heavy atom. The first-order valence-corrected chi connectivity index (χ1v) is 3.48. The fraction of sp³-hybridized carbons (Fsp3) is 0.857. The van der Waals surface area contributed by atoms with Gasteiger partial charge in [0.2, 0.25) is 0 Å². The molecule has 1 aliphatic heterocycles. The van der Waals surface area contributed by atoms with Crippen LogP contribution in [0, 0.1) is 11.8 Å². The molecular weight excluding hydrogens is 132 g/mol. The molecule has 3 nitrogen and oxygen atoms in total. The van der Waals surface area contributed by atoms with Crippen molar-refractivity contribution in [2.45, 2.75) is 20.0 Å². The lowest BCUT2D eigenvalue weighted by molar-refractivity contribution is -0.143. The van der Waals surface area contributed by atoms with Gasteiger partial charge in [-0.1, -0.05) is 6.92 Å². The summed E-state index contributed by atoms with van der Waals surface area (Å²) in [5.41, 5.74) is 0. The van der Waals surface area contributed by atoms with Crippen LogP contribution in [0.1, 0.15) is 13.8 Å². The summed E-state index contributed by atoms with van der Waals surface area (Å²) in [4.78, 5) is 10.8. The van der Waals surface area contributed by atoms with Gasteiger partial charge in [-0.15, -0.1) is 0 Å². The number of ether oxygens (including phenoxy) is 1. The van der Waals surface area contributed by atoms with Gasteiger partial charge in [0.15, 0.2) is 0 Å². The number of cyclic esters (lactones) is 1. The second-order valence-electron chi connectivity index (χ2n) is 2.78. The highest BCUT2D eigenvalue weighted by Crippen LogP contribution is 2.26. The zero-order valence-electron chi connectivity index (χ0n) is 6.20. The Kier molecular flexibility index (Phi) is 1.94. The quantitative estimate of drug-likeness (QED) is 0.534. The van der Waals surface area contributed by atoms with E-state index in [1.54, 1.807) is 6.92 Å². The highest BCUT2D eigenvalue weighted by atomic mass is 16.6. The van der Waals surface area contributed by atoms with Gasteiger partial charge in [-0.25, -0.2) is 0 Å². The van der Waals surface area contributed by atoms with E-state index in [-0.39, 0.29) is 30.5 Å². The lowest BCUT2D eigenvalue weighted by Crippen LogP contribution is -2.20. The summed E-state index contributed by atoms with van der Waals surface area (Å²) in [7, 11) is 0. The van der Waals surface area contributed by atoms with Crippen LogP contribution in [0.4, 0.5) is 0 Å². The largest absolute Gasteiger partial charge is 0.462 e. The summed E-state index contributed by atoms with van der Waals surface area (Å²) in [6, 6.07) is 0. The van der Waals surface area contributed by atoms with Crippen LogP contribution in [-0.2, 0) is 9.53 Å². The van der Waals surface area contributed by atoms with E-state index in [1.807, 2.05) is 6.92 Å². The summed E-state index contributed by atoms with van der Waals surface area (Å²) in [5.74, 6) is -0.334. The molecule has 1 aliphatic rings. The predicted molar refractivity (Wildman–Crippen MR) is 35.3 cm³/mol. The van der Waals surface area contributed by atoms with Crippen molar-refractivity contribution in [3.63, 3.8) is 0 Å². The zero-order valence-corrected chi connectivity index (χ0v) is 6.20. The third-order valence-corrected chi connectivity index (χ3v) is 2.13. The van der Waals surface area contributed by atoms with Crippen LogP contribution >= 0.6 is 0 Å². The van der Waals surface area contributed by atoms with Crippen molar-refractivity contribution < 1.29 is 14.6 Å². The average Bonchev–Trinajstić information content (AvgIpc) is 2.09. The van der Waals surface area contributed by atoms with Gasteiger partial charge in [0, 0.05) is 5.92 Å². The minimum Gasteiger partial charge on any atom is -0.462 e. The van der Waals surface area contributed by atoms with Gasteiger partial charge in [-0.05, 0) is 6.92 Å². The fourth-order valence-corrected chi connectivity index (χ4v) is 1.27. The molecule has 0 aromatic heterocycles. The number of aliphatic hydroxyl groups excluding tert-OH is 1. The van der Waals surface area contributed by atoms with Crippen LogP contribution < -0.4 is 0 Å². The number of carbonyl (C=O) groups excluding carboxylic acids is 1. The second-order valence-corrected chi connectivity index (χ2v) is 2.78. The third-order valence-electron chi connectivity index (χ3n) is 2.13. The molecule has 3 atom stereocenters. The van der Waals surface area contributed by atoms with Gasteiger partial charge in [0.25, 0.3) is 0 Å². The van der Waals surface area contributed by atoms with Crippen molar-refractivity contribution in [1.82, 2.24) is 0 Å². The minimum absolute atomic E-state index is 0.00694. The van der Waals surface area contributed by atoms with Gasteiger partial charge in [-0.2, -0.15) is 0 Å². The molecule has 1 heterocycles. The summed E-state index contributed by atoms with van der Waals surface area (Å²) in [6.07, 6.45) is -0.118. The van der Waals surface area contributed by atoms with Crippen LogP contribution in [0.25, 0.3) is 0 Å². The molecule has 1 N–H and O–H groups in total. The molecule has 0 bridgehead atoms. The zero-order chi connectivity index (χ0) is 7.72. The van der Waals surface area contributed by atoms with Gasteiger partial charge >= 0.3 is 5.97 Å². The summed E-state index contributed by atoms with van der Waals surface area (Å²) < 4.78 is 4.88. The highest BCUT2D eigenvalue weighted by Gasteiger charge is 2.38. The van der Waals surface area contributed by atoms with Gasteiger partial charge in [0.1, 0.15) is 6.10 Å². The minimum atomic E-state index is -0.188. The van der Waals surface area contributed by atoms with Crippen LogP contribution in [0.3, 0.4) is 0 Å². The van der Waals surface area contributed by atoms with E-state index in [2.05, 4.69) is 0 Å². The number of carbonyl (C=O) groups is 1. The predicted octanol–water partition coefficient (Wildman–Crippen LogP) is 0.176. The lowest BCUT2D eigenvalue weighted by atomic mass is 9.94. The maximum absolute atomic E-state index is 10.8. The third kappa shape index (κ3) is 1.01. The Bertz CT molecular complexity index is 144. The molecule has 0 radical (unpaired) electrons. The number of esters is 1. The molecule has 0 aliphatic carbocycles. The van der Waals surface area contributed by atoms with Crippen LogP contribution in [0.5, 0.6) is 0 Å². The average molecular weight is 144 g/mol. The Balaban J connectivity index is 2.64. The first-order valence-electron chi connectivity index (χ1n) is 3.48. The molecular formula is C7H12O3. The molecule has 0 amide bonds. The molecule has 1 saturated heterocycles. The summed E-state index contributed by atoms with van der Waals surface area (Å²) in [6.45, 7) is 3.63. The van der Waals surface area contributed by atoms with Crippen molar-refractivity contribution in [2.75, 3.05) is 6.61 Å². The topological polar surface area (TPSA) is 46.5 Å². The molecule has 0 aromatic carbocycles. The first kappa shape index (κ1) is 7.54. The van der Waals surface area contributed by atoms with Crippen molar-refractivity contribution in [3.05, 3.63) is 0 Å². The molecule has 0 spiro atoms. The van der Waals surface area contributed by atoms with E-state index in [1.165, 1.54) is 0 Å². The fourth-order valence-electron chi connectivity index (χ4n) is 1.27. The number of aliphatic hydroxyl groups is 1. The van der Waals surface area contributed by atoms with Crippen molar-refractivity contribution in [3.8, 4) is 0 Å². The SMILES string of the molecule is C[C@@H]1C(=O)O[C@H](C)[C@H]1CO. The van der Waals surface area contributed by atoms with E-state index < -0.39 is 0 Å². The molecule has 3 heteroatoms. The van der Waals surface area contributed by atoms with Crippen LogP contribution in [-0.4, -0.2) is 23.8 Å². The van der Waals surface area contributed by atoms with E-state index in [9.17, 15) is 4.79 Å². The van der Waals surface area contributed by atoms with Gasteiger partial charge in [0.05, 0.1) is 12.5 Å². The number of hydrogen-bond acceptors (Lipinski definition) is 3. The van der Waals surface area contributed by atoms with Crippen molar-refractivity contribution in [1.29, 1.82) is 0 Å². The monoisotopic (exact) mass is 144 g/mol. The Hall–Kier alpha value is -0.570. The maximum atomic E-state index is 10.8. The van der Waals surface area contributed by atoms with E-state index in [0.29, 0.717) is 0 Å². The smallest absolute Gasteiger partial charge is 0.309 e. The van der Waals surface area contributed by atoms with Gasteiger partial charge < -0.3 is 9.84 Å². The molecule has 10 heavy (non-hydrogen) atoms. The summed E-state index contributed by atoms with van der Waals surface area (Å²) in [5, 5.41) is 8.79. The molecule has 1 rings (SSSR count). The maximum Gasteiger partial charge on any atom is 0.309 e. The Labute approximate surface area is 60.0 Å². The number of rotatable bonds is 1. The second kappa shape index (κ2) is 2.58. The standard InChI is InChI=1S/C7H12O3/c1-4-6(3-8)5(2)10-7(4)9/h4-6,8H,3H2,1-2H3/t4-,5+,6-/m0/s1. The molecule has 0 unspecified atom stereocenters. The van der Waals surface area contributed by atoms with Crippen LogP contribution in [0.2, 0.25) is 0 Å². The molecule has 0 saturated carbocycles. The van der Waals surface area contributed by atoms with E-state index >= 15 is 0 Å². The molecule has 0 aromatic rings. The van der Waals surface area contributed by atoms with E-state index in [0.717, 1.165) is 0 Å². The van der Waals surface area contributed by atoms with E-state index in [4.69, 9.17) is 9.84 Å². The number of hydrogen-bond donors (Lipinski definition) is 1. The Morgan fingerprint density at radius 3 is 2.40 bits per heavy atom. The lowest BCUT2D eigenvalue weighted by Gasteiger charge is -2.10. The highest BCUT2D eigenvalue weighted by molar-refractivity contribution is 5.74. The van der Waals surface area contributed by atoms with Crippen molar-refractivity contribution in [2.24, 2.45) is 11.8 Å². The molecule has 1 fully saturated rings.